The van der Waals surface area contributed by atoms with Gasteiger partial charge in [0.25, 0.3) is 0 Å². The van der Waals surface area contributed by atoms with Crippen molar-refractivity contribution in [1.29, 1.82) is 0 Å². The monoisotopic (exact) mass is 428 g/mol. The molecule has 1 saturated heterocycles. The summed E-state index contributed by atoms with van der Waals surface area (Å²) in [6.45, 7) is 4.93. The molecule has 2 aromatic rings. The molecule has 0 radical (unpaired) electrons. The summed E-state index contributed by atoms with van der Waals surface area (Å²) in [4.78, 5) is 4.73. The number of rotatable bonds is 8. The first kappa shape index (κ1) is 25.0. The molecule has 0 spiro atoms. The van der Waals surface area contributed by atoms with Crippen molar-refractivity contribution in [2.75, 3.05) is 51.3 Å². The maximum absolute atomic E-state index is 12.9. The molecule has 29 heavy (non-hydrogen) atoms. The molecule has 1 unspecified atom stereocenters. The summed E-state index contributed by atoms with van der Waals surface area (Å²) in [5.74, 6) is 1.15. The molecular formula is C21H30ClFN2O4. The van der Waals surface area contributed by atoms with Crippen LogP contribution >= 0.6 is 12.4 Å². The van der Waals surface area contributed by atoms with Gasteiger partial charge in [-0.15, -0.1) is 12.4 Å². The lowest BCUT2D eigenvalue weighted by molar-refractivity contribution is 0.0866. The van der Waals surface area contributed by atoms with Gasteiger partial charge in [-0.2, -0.15) is 0 Å². The van der Waals surface area contributed by atoms with Crippen LogP contribution in [-0.2, 0) is 0 Å². The van der Waals surface area contributed by atoms with E-state index in [1.807, 2.05) is 12.1 Å². The minimum atomic E-state index is -0.533. The Morgan fingerprint density at radius 1 is 0.966 bits per heavy atom. The molecule has 3 rings (SSSR count). The van der Waals surface area contributed by atoms with Crippen LogP contribution in [0.1, 0.15) is 6.42 Å². The van der Waals surface area contributed by atoms with E-state index in [-0.39, 0.29) is 30.3 Å². The summed E-state index contributed by atoms with van der Waals surface area (Å²) in [6, 6.07) is 14.0. The zero-order valence-corrected chi connectivity index (χ0v) is 17.4. The van der Waals surface area contributed by atoms with Gasteiger partial charge in [0, 0.05) is 38.4 Å². The molecule has 1 atom stereocenters. The predicted molar refractivity (Wildman–Crippen MR) is 115 cm³/mol. The minimum Gasteiger partial charge on any atom is -0.497 e. The Hall–Kier alpha value is -2.06. The maximum Gasteiger partial charge on any atom is 0.123 e. The molecule has 1 fully saturated rings. The average Bonchev–Trinajstić information content (AvgIpc) is 2.72. The second kappa shape index (κ2) is 12.5. The van der Waals surface area contributed by atoms with Crippen LogP contribution in [0.2, 0.25) is 0 Å². The summed E-state index contributed by atoms with van der Waals surface area (Å²) in [5.41, 5.74) is 1.21. The average molecular weight is 429 g/mol. The van der Waals surface area contributed by atoms with Crippen LogP contribution in [-0.4, -0.2) is 68.0 Å². The number of methoxy groups -OCH3 is 1. The van der Waals surface area contributed by atoms with Gasteiger partial charge < -0.3 is 25.0 Å². The number of nitrogens with zero attached hydrogens (tertiary/aromatic N) is 2. The summed E-state index contributed by atoms with van der Waals surface area (Å²) in [5, 5.41) is 10.1. The fourth-order valence-electron chi connectivity index (χ4n) is 3.16. The van der Waals surface area contributed by atoms with E-state index in [9.17, 15) is 9.50 Å². The third kappa shape index (κ3) is 7.70. The Morgan fingerprint density at radius 3 is 2.14 bits per heavy atom. The Balaban J connectivity index is 0.00000210. The van der Waals surface area contributed by atoms with Gasteiger partial charge in [-0.3, -0.25) is 4.90 Å². The summed E-state index contributed by atoms with van der Waals surface area (Å²) in [6.07, 6.45) is 0.124. The zero-order valence-electron chi connectivity index (χ0n) is 16.6. The molecule has 0 aromatic heterocycles. The molecule has 2 aromatic carbocycles. The largest absolute Gasteiger partial charge is 0.497 e. The Kier molecular flexibility index (Phi) is 10.8. The molecule has 0 saturated carbocycles. The molecule has 162 valence electrons. The maximum atomic E-state index is 12.9. The van der Waals surface area contributed by atoms with Gasteiger partial charge in [0.2, 0.25) is 0 Å². The van der Waals surface area contributed by atoms with Crippen LogP contribution in [0.15, 0.2) is 48.5 Å². The van der Waals surface area contributed by atoms with Crippen LogP contribution in [0.3, 0.4) is 0 Å². The van der Waals surface area contributed by atoms with Gasteiger partial charge >= 0.3 is 0 Å². The number of hydrogen-bond acceptors (Lipinski definition) is 5. The van der Waals surface area contributed by atoms with Gasteiger partial charge in [-0.05, 0) is 55.0 Å². The van der Waals surface area contributed by atoms with E-state index in [0.717, 1.165) is 38.5 Å². The number of anilines is 1. The predicted octanol–water partition coefficient (Wildman–Crippen LogP) is 2.38. The van der Waals surface area contributed by atoms with E-state index in [1.165, 1.54) is 17.8 Å². The quantitative estimate of drug-likeness (QED) is 0.698. The van der Waals surface area contributed by atoms with E-state index in [1.54, 1.807) is 19.2 Å². The summed E-state index contributed by atoms with van der Waals surface area (Å²) >= 11 is 0. The van der Waals surface area contributed by atoms with Crippen LogP contribution < -0.4 is 14.4 Å². The second-order valence-electron chi connectivity index (χ2n) is 6.73. The SMILES string of the molecule is COc1ccc(N2CCN(CCC(O)COc3ccc(F)cc3)CC2)cc1.Cl.O. The van der Waals surface area contributed by atoms with Crippen molar-refractivity contribution in [1.82, 2.24) is 4.90 Å². The van der Waals surface area contributed by atoms with E-state index >= 15 is 0 Å². The Morgan fingerprint density at radius 2 is 1.55 bits per heavy atom. The third-order valence-corrected chi connectivity index (χ3v) is 4.84. The third-order valence-electron chi connectivity index (χ3n) is 4.84. The molecule has 0 aliphatic carbocycles. The van der Waals surface area contributed by atoms with Crippen LogP contribution in [0, 0.1) is 5.82 Å². The molecule has 0 bridgehead atoms. The number of halogens is 2. The van der Waals surface area contributed by atoms with Crippen molar-refractivity contribution in [3.63, 3.8) is 0 Å². The van der Waals surface area contributed by atoms with Gasteiger partial charge in [-0.25, -0.2) is 4.39 Å². The first-order chi connectivity index (χ1) is 13.1. The number of ether oxygens (including phenoxy) is 2. The topological polar surface area (TPSA) is 76.7 Å². The number of piperazine rings is 1. The van der Waals surface area contributed by atoms with E-state index < -0.39 is 6.10 Å². The number of aliphatic hydroxyl groups excluding tert-OH is 1. The van der Waals surface area contributed by atoms with Crippen LogP contribution in [0.4, 0.5) is 10.1 Å². The molecule has 1 heterocycles. The first-order valence-electron chi connectivity index (χ1n) is 9.32. The molecule has 1 aliphatic heterocycles. The molecule has 1 aliphatic rings. The lowest BCUT2D eigenvalue weighted by Crippen LogP contribution is -2.47. The normalized spacial score (nSPS) is 15.1. The van der Waals surface area contributed by atoms with Gasteiger partial charge in [0.05, 0.1) is 13.2 Å². The lowest BCUT2D eigenvalue weighted by atomic mass is 10.2. The second-order valence-corrected chi connectivity index (χ2v) is 6.73. The number of benzene rings is 2. The summed E-state index contributed by atoms with van der Waals surface area (Å²) < 4.78 is 23.6. The molecule has 6 nitrogen and oxygen atoms in total. The highest BCUT2D eigenvalue weighted by Crippen LogP contribution is 2.20. The van der Waals surface area contributed by atoms with E-state index in [4.69, 9.17) is 9.47 Å². The fraction of sp³-hybridized carbons (Fsp3) is 0.429. The van der Waals surface area contributed by atoms with Gasteiger partial charge in [-0.1, -0.05) is 0 Å². The Labute approximate surface area is 177 Å². The van der Waals surface area contributed by atoms with Crippen LogP contribution in [0.25, 0.3) is 0 Å². The van der Waals surface area contributed by atoms with Crippen LogP contribution in [0.5, 0.6) is 11.5 Å². The van der Waals surface area contributed by atoms with Crippen molar-refractivity contribution < 1.29 is 24.4 Å². The molecule has 3 N–H and O–H groups in total. The molecule has 0 amide bonds. The number of hydrogen-bond donors (Lipinski definition) is 1. The zero-order chi connectivity index (χ0) is 19.1. The van der Waals surface area contributed by atoms with E-state index in [2.05, 4.69) is 21.9 Å². The van der Waals surface area contributed by atoms with Crippen molar-refractivity contribution in [2.45, 2.75) is 12.5 Å². The van der Waals surface area contributed by atoms with Gasteiger partial charge in [0.1, 0.15) is 23.9 Å². The summed E-state index contributed by atoms with van der Waals surface area (Å²) in [7, 11) is 1.67. The first-order valence-corrected chi connectivity index (χ1v) is 9.32. The molecule has 8 heteroatoms. The van der Waals surface area contributed by atoms with Crippen molar-refractivity contribution in [3.05, 3.63) is 54.3 Å². The minimum absolute atomic E-state index is 0. The number of aliphatic hydroxyl groups is 1. The smallest absolute Gasteiger partial charge is 0.123 e. The fourth-order valence-corrected chi connectivity index (χ4v) is 3.16. The highest BCUT2D eigenvalue weighted by molar-refractivity contribution is 5.85. The standard InChI is InChI=1S/C21H27FN2O3.ClH.H2O/c1-26-20-8-4-18(5-9-20)24-14-12-23(13-15-24)11-10-19(25)16-27-21-6-2-17(22)3-7-21;;/h2-9,19,25H,10-16H2,1H3;1H;1H2. The van der Waals surface area contributed by atoms with Crippen molar-refractivity contribution in [3.8, 4) is 11.5 Å². The highest BCUT2D eigenvalue weighted by Gasteiger charge is 2.18. The lowest BCUT2D eigenvalue weighted by Gasteiger charge is -2.36. The van der Waals surface area contributed by atoms with Crippen molar-refractivity contribution in [2.24, 2.45) is 0 Å². The van der Waals surface area contributed by atoms with Gasteiger partial charge in [0.15, 0.2) is 0 Å². The van der Waals surface area contributed by atoms with E-state index in [0.29, 0.717) is 12.2 Å². The molecular weight excluding hydrogens is 399 g/mol. The Bertz CT molecular complexity index is 695. The van der Waals surface area contributed by atoms with Crippen molar-refractivity contribution >= 4 is 18.1 Å². The highest BCUT2D eigenvalue weighted by atomic mass is 35.5.